The van der Waals surface area contributed by atoms with Crippen LogP contribution in [-0.4, -0.2) is 27.8 Å². The van der Waals surface area contributed by atoms with Crippen LogP contribution in [0.25, 0.3) is 11.0 Å². The quantitative estimate of drug-likeness (QED) is 0.559. The second-order valence-corrected chi connectivity index (χ2v) is 7.33. The fourth-order valence-electron chi connectivity index (χ4n) is 3.09. The molecule has 0 saturated heterocycles. The minimum Gasteiger partial charge on any atom is -0.344 e. The lowest BCUT2D eigenvalue weighted by Crippen LogP contribution is -2.44. The number of nitrogens with zero attached hydrogens (tertiary/aromatic N) is 1. The van der Waals surface area contributed by atoms with E-state index in [0.717, 1.165) is 16.6 Å². The van der Waals surface area contributed by atoms with Gasteiger partial charge in [-0.2, -0.15) is 0 Å². The molecule has 0 aliphatic heterocycles. The van der Waals surface area contributed by atoms with Crippen LogP contribution in [0.3, 0.4) is 0 Å². The molecule has 1 aromatic heterocycles. The van der Waals surface area contributed by atoms with Gasteiger partial charge in [0.15, 0.2) is 0 Å². The number of aryl methyl sites for hydroxylation is 1. The fourth-order valence-corrected chi connectivity index (χ4v) is 3.09. The molecule has 0 radical (unpaired) electrons. The Bertz CT molecular complexity index is 901. The van der Waals surface area contributed by atoms with Gasteiger partial charge in [0.25, 0.3) is 0 Å². The first-order valence-corrected chi connectivity index (χ1v) is 9.60. The van der Waals surface area contributed by atoms with Crippen molar-refractivity contribution < 1.29 is 9.59 Å². The maximum absolute atomic E-state index is 12.7. The van der Waals surface area contributed by atoms with Gasteiger partial charge in [0, 0.05) is 6.42 Å². The molecular weight excluding hydrogens is 352 g/mol. The number of carbonyl (C=O) groups is 2. The molecule has 0 saturated carbocycles. The van der Waals surface area contributed by atoms with Crippen molar-refractivity contribution in [2.24, 2.45) is 5.92 Å². The molecule has 2 amide bonds. The molecule has 0 aliphatic carbocycles. The lowest BCUT2D eigenvalue weighted by atomic mass is 10.0. The first-order valence-electron chi connectivity index (χ1n) is 9.60. The highest BCUT2D eigenvalue weighted by Gasteiger charge is 2.22. The van der Waals surface area contributed by atoms with Gasteiger partial charge in [-0.15, -0.1) is 0 Å². The van der Waals surface area contributed by atoms with E-state index >= 15 is 0 Å². The zero-order chi connectivity index (χ0) is 19.9. The molecule has 0 aliphatic rings. The summed E-state index contributed by atoms with van der Waals surface area (Å²) >= 11 is 0. The van der Waals surface area contributed by atoms with Gasteiger partial charge in [-0.25, -0.2) is 4.98 Å². The normalized spacial score (nSPS) is 12.1. The van der Waals surface area contributed by atoms with Crippen molar-refractivity contribution in [1.82, 2.24) is 15.3 Å². The maximum atomic E-state index is 12.7. The van der Waals surface area contributed by atoms with Crippen molar-refractivity contribution in [3.05, 3.63) is 60.2 Å². The first kappa shape index (κ1) is 19.6. The Labute approximate surface area is 164 Å². The number of aromatic amines is 1. The van der Waals surface area contributed by atoms with Crippen LogP contribution in [0.4, 0.5) is 5.95 Å². The summed E-state index contributed by atoms with van der Waals surface area (Å²) in [4.78, 5) is 32.6. The molecule has 0 spiro atoms. The Balaban J connectivity index is 1.61. The lowest BCUT2D eigenvalue weighted by molar-refractivity contribution is -0.126. The summed E-state index contributed by atoms with van der Waals surface area (Å²) < 4.78 is 0. The second kappa shape index (κ2) is 9.17. The molecule has 1 atom stereocenters. The summed E-state index contributed by atoms with van der Waals surface area (Å²) in [7, 11) is 0. The van der Waals surface area contributed by atoms with E-state index in [2.05, 4.69) is 20.6 Å². The number of hydrogen-bond acceptors (Lipinski definition) is 3. The minimum atomic E-state index is -0.600. The summed E-state index contributed by atoms with van der Waals surface area (Å²) in [6, 6.07) is 16.8. The third-order valence-electron chi connectivity index (χ3n) is 4.47. The van der Waals surface area contributed by atoms with Crippen LogP contribution in [0.5, 0.6) is 0 Å². The van der Waals surface area contributed by atoms with Crippen LogP contribution in [0.2, 0.25) is 0 Å². The van der Waals surface area contributed by atoms with E-state index in [1.165, 1.54) is 0 Å². The lowest BCUT2D eigenvalue weighted by Gasteiger charge is -2.19. The number of fused-ring (bicyclic) bond motifs is 1. The minimum absolute atomic E-state index is 0.130. The summed E-state index contributed by atoms with van der Waals surface area (Å²) in [6.07, 6.45) is 1.55. The van der Waals surface area contributed by atoms with E-state index in [4.69, 9.17) is 0 Å². The van der Waals surface area contributed by atoms with Crippen LogP contribution in [0.1, 0.15) is 32.3 Å². The summed E-state index contributed by atoms with van der Waals surface area (Å²) in [6.45, 7) is 4.05. The Morgan fingerprint density at radius 2 is 1.75 bits per heavy atom. The Kier molecular flexibility index (Phi) is 6.42. The number of benzene rings is 2. The molecule has 0 fully saturated rings. The van der Waals surface area contributed by atoms with Crippen LogP contribution >= 0.6 is 0 Å². The van der Waals surface area contributed by atoms with E-state index in [9.17, 15) is 9.59 Å². The zero-order valence-corrected chi connectivity index (χ0v) is 16.2. The Hall–Kier alpha value is -3.15. The highest BCUT2D eigenvalue weighted by molar-refractivity contribution is 5.97. The van der Waals surface area contributed by atoms with Crippen molar-refractivity contribution in [2.75, 3.05) is 5.32 Å². The number of anilines is 1. The van der Waals surface area contributed by atoms with Gasteiger partial charge < -0.3 is 10.3 Å². The molecule has 1 heterocycles. The number of imidazole rings is 1. The third kappa shape index (κ3) is 5.42. The third-order valence-corrected chi connectivity index (χ3v) is 4.47. The van der Waals surface area contributed by atoms with Crippen molar-refractivity contribution in [3.63, 3.8) is 0 Å². The van der Waals surface area contributed by atoms with E-state index in [1.807, 2.05) is 68.4 Å². The number of rotatable bonds is 8. The van der Waals surface area contributed by atoms with Gasteiger partial charge in [0.05, 0.1) is 11.0 Å². The van der Waals surface area contributed by atoms with Crippen LogP contribution in [-0.2, 0) is 16.0 Å². The predicted molar refractivity (Wildman–Crippen MR) is 111 cm³/mol. The molecule has 6 heteroatoms. The SMILES string of the molecule is CC(C)C[C@@H](NC(=O)CCc1ccccc1)C(=O)Nc1nc2ccccc2[nH]1. The summed E-state index contributed by atoms with van der Waals surface area (Å²) in [5.74, 6) is 0.259. The van der Waals surface area contributed by atoms with Crippen molar-refractivity contribution >= 4 is 28.8 Å². The molecule has 3 N–H and O–H groups in total. The number of amides is 2. The smallest absolute Gasteiger partial charge is 0.249 e. The van der Waals surface area contributed by atoms with Crippen LogP contribution in [0.15, 0.2) is 54.6 Å². The molecule has 2 aromatic carbocycles. The fraction of sp³-hybridized carbons (Fsp3) is 0.318. The van der Waals surface area contributed by atoms with Crippen molar-refractivity contribution in [2.45, 2.75) is 39.2 Å². The largest absolute Gasteiger partial charge is 0.344 e. The highest BCUT2D eigenvalue weighted by Crippen LogP contribution is 2.14. The average molecular weight is 378 g/mol. The molecule has 146 valence electrons. The molecule has 6 nitrogen and oxygen atoms in total. The number of aromatic nitrogens is 2. The van der Waals surface area contributed by atoms with E-state index in [0.29, 0.717) is 25.2 Å². The molecule has 3 aromatic rings. The van der Waals surface area contributed by atoms with E-state index < -0.39 is 6.04 Å². The van der Waals surface area contributed by atoms with Crippen LogP contribution < -0.4 is 10.6 Å². The number of hydrogen-bond donors (Lipinski definition) is 3. The number of carbonyl (C=O) groups excluding carboxylic acids is 2. The van der Waals surface area contributed by atoms with Gasteiger partial charge in [-0.05, 0) is 36.5 Å². The number of para-hydroxylation sites is 2. The average Bonchev–Trinajstić information content (AvgIpc) is 3.08. The molecule has 3 rings (SSSR count). The second-order valence-electron chi connectivity index (χ2n) is 7.33. The first-order chi connectivity index (χ1) is 13.5. The standard InChI is InChI=1S/C22H26N4O2/c1-15(2)14-19(23-20(27)13-12-16-8-4-3-5-9-16)21(28)26-22-24-17-10-6-7-11-18(17)25-22/h3-11,15,19H,12-14H2,1-2H3,(H,23,27)(H2,24,25,26,28)/t19-/m1/s1. The van der Waals surface area contributed by atoms with Crippen molar-refractivity contribution in [1.29, 1.82) is 0 Å². The van der Waals surface area contributed by atoms with Gasteiger partial charge in [-0.1, -0.05) is 56.3 Å². The molecule has 28 heavy (non-hydrogen) atoms. The highest BCUT2D eigenvalue weighted by atomic mass is 16.2. The Morgan fingerprint density at radius 3 is 2.46 bits per heavy atom. The predicted octanol–water partition coefficient (Wildman–Crippen LogP) is 3.67. The van der Waals surface area contributed by atoms with Gasteiger partial charge >= 0.3 is 0 Å². The zero-order valence-electron chi connectivity index (χ0n) is 16.2. The van der Waals surface area contributed by atoms with Crippen LogP contribution in [0, 0.1) is 5.92 Å². The van der Waals surface area contributed by atoms with Gasteiger partial charge in [0.2, 0.25) is 17.8 Å². The van der Waals surface area contributed by atoms with E-state index in [1.54, 1.807) is 0 Å². The van der Waals surface area contributed by atoms with Gasteiger partial charge in [-0.3, -0.25) is 14.9 Å². The molecular formula is C22H26N4O2. The monoisotopic (exact) mass is 378 g/mol. The molecule has 0 unspecified atom stereocenters. The number of nitrogens with one attached hydrogen (secondary N) is 3. The summed E-state index contributed by atoms with van der Waals surface area (Å²) in [5, 5.41) is 5.68. The van der Waals surface area contributed by atoms with Gasteiger partial charge in [0.1, 0.15) is 6.04 Å². The maximum Gasteiger partial charge on any atom is 0.249 e. The van der Waals surface area contributed by atoms with E-state index in [-0.39, 0.29) is 17.7 Å². The number of H-pyrrole nitrogens is 1. The topological polar surface area (TPSA) is 86.9 Å². The molecule has 0 bridgehead atoms. The summed E-state index contributed by atoms with van der Waals surface area (Å²) in [5.41, 5.74) is 2.74. The van der Waals surface area contributed by atoms with Crippen molar-refractivity contribution in [3.8, 4) is 0 Å². The Morgan fingerprint density at radius 1 is 1.04 bits per heavy atom.